The van der Waals surface area contributed by atoms with E-state index in [1.54, 1.807) is 0 Å². The molecule has 2 heterocycles. The number of hydrogen-bond donors (Lipinski definition) is 0. The summed E-state index contributed by atoms with van der Waals surface area (Å²) in [7, 11) is -2.00. The molecule has 0 N–H and O–H groups in total. The normalized spacial score (nSPS) is 35.0. The topological polar surface area (TPSA) is 54.0 Å². The lowest BCUT2D eigenvalue weighted by molar-refractivity contribution is -0.155. The molecule has 0 aliphatic carbocycles. The number of carbonyl (C=O) groups excluding carboxylic acids is 1. The molecule has 0 saturated carbocycles. The molecular weight excluding hydrogens is 336 g/mol. The zero-order valence-electron chi connectivity index (χ0n) is 16.9. The molecule has 1 saturated heterocycles. The van der Waals surface area contributed by atoms with Gasteiger partial charge in [-0.2, -0.15) is 0 Å². The van der Waals surface area contributed by atoms with Gasteiger partial charge in [0.2, 0.25) is 0 Å². The van der Waals surface area contributed by atoms with Crippen LogP contribution in [0.2, 0.25) is 18.1 Å². The van der Waals surface area contributed by atoms with E-state index in [1.807, 2.05) is 32.9 Å². The first kappa shape index (κ1) is 20.6. The van der Waals surface area contributed by atoms with Crippen molar-refractivity contribution < 1.29 is 23.4 Å². The molecule has 0 amide bonds. The quantitative estimate of drug-likeness (QED) is 0.415. The summed E-state index contributed by atoms with van der Waals surface area (Å²) in [6.45, 7) is 16.7. The van der Waals surface area contributed by atoms with Crippen LogP contribution in [-0.4, -0.2) is 44.5 Å². The van der Waals surface area contributed by atoms with Crippen molar-refractivity contribution in [2.24, 2.45) is 0 Å². The van der Waals surface area contributed by atoms with E-state index in [2.05, 4.69) is 33.9 Å². The predicted octanol–water partition coefficient (Wildman–Crippen LogP) is 4.18. The fraction of sp³-hybridized carbons (Fsp3) is 0.842. The minimum atomic E-state index is -2.00. The highest BCUT2D eigenvalue weighted by atomic mass is 28.4. The number of rotatable bonds is 2. The molecule has 4 atom stereocenters. The highest BCUT2D eigenvalue weighted by molar-refractivity contribution is 6.74. The Morgan fingerprint density at radius 1 is 1.20 bits per heavy atom. The molecule has 2 rings (SSSR count). The van der Waals surface area contributed by atoms with Gasteiger partial charge in [0.15, 0.2) is 14.1 Å². The molecule has 1 fully saturated rings. The van der Waals surface area contributed by atoms with Crippen LogP contribution >= 0.6 is 0 Å². The highest BCUT2D eigenvalue weighted by Crippen LogP contribution is 2.38. The average molecular weight is 371 g/mol. The lowest BCUT2D eigenvalue weighted by Gasteiger charge is -2.38. The molecule has 0 aromatic rings. The molecule has 0 spiro atoms. The first-order valence-electron chi connectivity index (χ1n) is 9.20. The number of hydrogen-bond acceptors (Lipinski definition) is 5. The van der Waals surface area contributed by atoms with Crippen LogP contribution in [-0.2, 0) is 23.4 Å². The molecule has 0 aromatic carbocycles. The molecule has 0 radical (unpaired) electrons. The number of cyclic esters (lactones) is 1. The van der Waals surface area contributed by atoms with Crippen molar-refractivity contribution in [1.29, 1.82) is 0 Å². The second kappa shape index (κ2) is 7.14. The van der Waals surface area contributed by atoms with Crippen molar-refractivity contribution in [1.82, 2.24) is 0 Å². The van der Waals surface area contributed by atoms with Crippen LogP contribution in [0.15, 0.2) is 12.2 Å². The molecule has 2 aliphatic rings. The third-order valence-electron chi connectivity index (χ3n) is 5.25. The number of carbonyl (C=O) groups is 1. The Hall–Kier alpha value is -0.693. The van der Waals surface area contributed by atoms with Crippen LogP contribution in [0.5, 0.6) is 0 Å². The molecule has 0 bridgehead atoms. The first-order valence-corrected chi connectivity index (χ1v) is 12.1. The Bertz CT molecular complexity index is 520. The van der Waals surface area contributed by atoms with Crippen LogP contribution < -0.4 is 0 Å². The molecule has 6 heteroatoms. The maximum Gasteiger partial charge on any atom is 0.308 e. The number of esters is 1. The van der Waals surface area contributed by atoms with Crippen molar-refractivity contribution in [3.8, 4) is 0 Å². The van der Waals surface area contributed by atoms with Gasteiger partial charge in [-0.25, -0.2) is 0 Å². The summed E-state index contributed by atoms with van der Waals surface area (Å²) in [5.74, 6) is -0.856. The van der Waals surface area contributed by atoms with Crippen molar-refractivity contribution in [3.05, 3.63) is 12.2 Å². The van der Waals surface area contributed by atoms with E-state index < -0.39 is 14.1 Å². The van der Waals surface area contributed by atoms with E-state index >= 15 is 0 Å². The Balaban J connectivity index is 2.22. The predicted molar refractivity (Wildman–Crippen MR) is 99.8 cm³/mol. The second-order valence-corrected chi connectivity index (χ2v) is 13.9. The summed E-state index contributed by atoms with van der Waals surface area (Å²) < 4.78 is 24.0. The molecular formula is C19H34O5Si. The zero-order chi connectivity index (χ0) is 19.0. The van der Waals surface area contributed by atoms with Crippen LogP contribution in [0.1, 0.15) is 54.4 Å². The zero-order valence-corrected chi connectivity index (χ0v) is 17.9. The average Bonchev–Trinajstić information content (AvgIpc) is 2.67. The molecule has 2 aliphatic heterocycles. The van der Waals surface area contributed by atoms with Gasteiger partial charge in [-0.15, -0.1) is 0 Å². The summed E-state index contributed by atoms with van der Waals surface area (Å²) in [5.41, 5.74) is 0. The van der Waals surface area contributed by atoms with Crippen LogP contribution in [0, 0.1) is 0 Å². The number of ether oxygens (including phenoxy) is 3. The summed E-state index contributed by atoms with van der Waals surface area (Å²) >= 11 is 0. The van der Waals surface area contributed by atoms with Gasteiger partial charge in [-0.1, -0.05) is 32.9 Å². The fourth-order valence-corrected chi connectivity index (χ4v) is 4.23. The first-order chi connectivity index (χ1) is 11.3. The van der Waals surface area contributed by atoms with E-state index in [0.717, 1.165) is 0 Å². The van der Waals surface area contributed by atoms with Gasteiger partial charge in [0.25, 0.3) is 0 Å². The van der Waals surface area contributed by atoms with E-state index in [0.29, 0.717) is 6.42 Å². The second-order valence-electron chi connectivity index (χ2n) is 9.18. The summed E-state index contributed by atoms with van der Waals surface area (Å²) in [4.78, 5) is 12.3. The van der Waals surface area contributed by atoms with Crippen molar-refractivity contribution in [2.75, 3.05) is 0 Å². The molecule has 5 nitrogen and oxygen atoms in total. The monoisotopic (exact) mass is 370 g/mol. The van der Waals surface area contributed by atoms with E-state index in [1.165, 1.54) is 0 Å². The van der Waals surface area contributed by atoms with Gasteiger partial charge in [-0.05, 0) is 38.9 Å². The minimum Gasteiger partial charge on any atom is -0.462 e. The smallest absolute Gasteiger partial charge is 0.308 e. The molecule has 144 valence electrons. The highest BCUT2D eigenvalue weighted by Gasteiger charge is 2.42. The lowest BCUT2D eigenvalue weighted by Crippen LogP contribution is -2.44. The van der Waals surface area contributed by atoms with Gasteiger partial charge < -0.3 is 18.6 Å². The fourth-order valence-electron chi connectivity index (χ4n) is 2.96. The van der Waals surface area contributed by atoms with Crippen molar-refractivity contribution in [3.63, 3.8) is 0 Å². The third-order valence-corrected chi connectivity index (χ3v) is 9.76. The molecule has 0 unspecified atom stereocenters. The van der Waals surface area contributed by atoms with E-state index in [4.69, 9.17) is 18.6 Å². The maximum absolute atomic E-state index is 12.3. The number of fused-ring (bicyclic) bond motifs is 1. The van der Waals surface area contributed by atoms with Gasteiger partial charge >= 0.3 is 5.97 Å². The Morgan fingerprint density at radius 2 is 1.84 bits per heavy atom. The minimum absolute atomic E-state index is 0.0743. The molecule has 0 aromatic heterocycles. The van der Waals surface area contributed by atoms with Gasteiger partial charge in [0.1, 0.15) is 12.2 Å². The van der Waals surface area contributed by atoms with Gasteiger partial charge in [-0.3, -0.25) is 4.79 Å². The lowest BCUT2D eigenvalue weighted by atomic mass is 10.0. The van der Waals surface area contributed by atoms with Crippen molar-refractivity contribution in [2.45, 2.75) is 103 Å². The van der Waals surface area contributed by atoms with E-state index in [-0.39, 0.29) is 41.8 Å². The van der Waals surface area contributed by atoms with Crippen LogP contribution in [0.3, 0.4) is 0 Å². The van der Waals surface area contributed by atoms with Crippen LogP contribution in [0.4, 0.5) is 0 Å². The Kier molecular flexibility index (Phi) is 5.89. The Morgan fingerprint density at radius 3 is 2.44 bits per heavy atom. The van der Waals surface area contributed by atoms with Gasteiger partial charge in [0.05, 0.1) is 18.6 Å². The summed E-state index contributed by atoms with van der Waals surface area (Å²) in [5, 5.41) is 0.0743. The maximum atomic E-state index is 12.3. The Labute approximate surface area is 153 Å². The van der Waals surface area contributed by atoms with Crippen LogP contribution in [0.25, 0.3) is 0 Å². The van der Waals surface area contributed by atoms with E-state index in [9.17, 15) is 4.79 Å². The largest absolute Gasteiger partial charge is 0.462 e. The summed E-state index contributed by atoms with van der Waals surface area (Å²) in [6.07, 6.45) is 4.03. The SMILES string of the molecule is C[C@@H]1C[C@@H]2OC(C)(C)O[C@H]2/C=C/[C@@H](O[Si](C)(C)C(C)(C)C)CC(=O)O1. The standard InChI is InChI=1S/C19H34O5Si/c1-13-11-16-15(22-19(5,6)23-16)10-9-14(12-17(20)21-13)24-25(7,8)18(2,3)4/h9-10,13-16H,11-12H2,1-8H3/b10-9+/t13-,14-,15+,16+/m1/s1. The van der Waals surface area contributed by atoms with Crippen molar-refractivity contribution >= 4 is 14.3 Å². The molecule has 25 heavy (non-hydrogen) atoms. The van der Waals surface area contributed by atoms with Gasteiger partial charge in [0, 0.05) is 6.42 Å². The summed E-state index contributed by atoms with van der Waals surface area (Å²) in [6, 6.07) is 0. The third kappa shape index (κ3) is 5.39.